The van der Waals surface area contributed by atoms with Crippen LogP contribution in [-0.2, 0) is 16.1 Å². The molecular formula is C25H28N4O3. The minimum Gasteiger partial charge on any atom is -0.324 e. The minimum absolute atomic E-state index is 0.0912. The number of aromatic nitrogens is 2. The van der Waals surface area contributed by atoms with E-state index in [2.05, 4.69) is 15.7 Å². The van der Waals surface area contributed by atoms with Crippen molar-refractivity contribution in [3.8, 4) is 11.3 Å². The zero-order chi connectivity index (χ0) is 23.4. The molecule has 2 amide bonds. The topological polar surface area (TPSA) is 93.1 Å². The van der Waals surface area contributed by atoms with Crippen molar-refractivity contribution < 1.29 is 9.59 Å². The molecule has 2 N–H and O–H groups in total. The molecular weight excluding hydrogens is 404 g/mol. The third kappa shape index (κ3) is 5.69. The fraction of sp³-hybridized carbons (Fsp3) is 0.280. The molecule has 0 aliphatic heterocycles. The highest BCUT2D eigenvalue weighted by Gasteiger charge is 2.16. The van der Waals surface area contributed by atoms with Crippen molar-refractivity contribution in [2.45, 2.75) is 41.2 Å². The van der Waals surface area contributed by atoms with Gasteiger partial charge in [-0.05, 0) is 50.1 Å². The predicted molar refractivity (Wildman–Crippen MR) is 127 cm³/mol. The molecule has 0 fully saturated rings. The van der Waals surface area contributed by atoms with Gasteiger partial charge in [-0.2, -0.15) is 5.10 Å². The summed E-state index contributed by atoms with van der Waals surface area (Å²) in [6, 6.07) is 14.9. The van der Waals surface area contributed by atoms with Crippen molar-refractivity contribution >= 4 is 23.2 Å². The minimum atomic E-state index is -0.537. The predicted octanol–water partition coefficient (Wildman–Crippen LogP) is 4.07. The van der Waals surface area contributed by atoms with Gasteiger partial charge in [0.15, 0.2) is 0 Å². The molecule has 0 spiro atoms. The van der Waals surface area contributed by atoms with Gasteiger partial charge in [-0.15, -0.1) is 0 Å². The first-order chi connectivity index (χ1) is 15.1. The molecule has 0 aliphatic carbocycles. The van der Waals surface area contributed by atoms with E-state index in [0.29, 0.717) is 11.4 Å². The number of amides is 2. The van der Waals surface area contributed by atoms with E-state index in [1.807, 2.05) is 63.2 Å². The Hall–Kier alpha value is -3.74. The molecule has 0 bridgehead atoms. The molecule has 166 valence electrons. The van der Waals surface area contributed by atoms with E-state index in [1.54, 1.807) is 19.9 Å². The Morgan fingerprint density at radius 2 is 1.53 bits per heavy atom. The Kier molecular flexibility index (Phi) is 6.88. The first-order valence-corrected chi connectivity index (χ1v) is 10.5. The van der Waals surface area contributed by atoms with Gasteiger partial charge >= 0.3 is 0 Å². The van der Waals surface area contributed by atoms with E-state index in [-0.39, 0.29) is 30.0 Å². The van der Waals surface area contributed by atoms with E-state index in [0.717, 1.165) is 26.9 Å². The second-order valence-electron chi connectivity index (χ2n) is 8.34. The highest BCUT2D eigenvalue weighted by Crippen LogP contribution is 2.19. The van der Waals surface area contributed by atoms with Crippen LogP contribution in [0, 0.1) is 26.7 Å². The third-order valence-electron chi connectivity index (χ3n) is 4.90. The molecule has 3 aromatic rings. The summed E-state index contributed by atoms with van der Waals surface area (Å²) in [5, 5.41) is 9.88. The van der Waals surface area contributed by atoms with Crippen LogP contribution in [0.4, 0.5) is 11.4 Å². The first kappa shape index (κ1) is 22.9. The van der Waals surface area contributed by atoms with Gasteiger partial charge in [-0.25, -0.2) is 4.68 Å². The lowest BCUT2D eigenvalue weighted by molar-refractivity contribution is -0.119. The van der Waals surface area contributed by atoms with Crippen molar-refractivity contribution in [3.05, 3.63) is 75.6 Å². The Bertz CT molecular complexity index is 1190. The summed E-state index contributed by atoms with van der Waals surface area (Å²) in [5.41, 5.74) is 4.61. The van der Waals surface area contributed by atoms with Crippen molar-refractivity contribution in [3.63, 3.8) is 0 Å². The zero-order valence-electron chi connectivity index (χ0n) is 19.0. The van der Waals surface area contributed by atoms with Gasteiger partial charge in [-0.3, -0.25) is 14.4 Å². The standard InChI is InChI=1S/C25H28N4O3/c1-15(2)24(31)27-22-13-21(19-8-6-16(3)7-9-19)28-29(25(22)32)14-23(30)26-20-11-17(4)10-18(5)12-20/h6-13,15H,14H2,1-5H3,(H,26,30)(H,27,31). The number of carbonyl (C=O) groups excluding carboxylic acids is 2. The quantitative estimate of drug-likeness (QED) is 0.614. The third-order valence-corrected chi connectivity index (χ3v) is 4.90. The summed E-state index contributed by atoms with van der Waals surface area (Å²) in [6.45, 7) is 9.08. The molecule has 32 heavy (non-hydrogen) atoms. The fourth-order valence-corrected chi connectivity index (χ4v) is 3.26. The first-order valence-electron chi connectivity index (χ1n) is 10.5. The van der Waals surface area contributed by atoms with Gasteiger partial charge in [-0.1, -0.05) is 49.7 Å². The number of anilines is 2. The van der Waals surface area contributed by atoms with E-state index < -0.39 is 5.56 Å². The average Bonchev–Trinajstić information content (AvgIpc) is 2.70. The number of hydrogen-bond acceptors (Lipinski definition) is 4. The van der Waals surface area contributed by atoms with Crippen molar-refractivity contribution in [1.82, 2.24) is 9.78 Å². The van der Waals surface area contributed by atoms with Crippen molar-refractivity contribution in [2.75, 3.05) is 10.6 Å². The molecule has 7 nitrogen and oxygen atoms in total. The van der Waals surface area contributed by atoms with E-state index >= 15 is 0 Å². The molecule has 2 aromatic carbocycles. The molecule has 1 heterocycles. The highest BCUT2D eigenvalue weighted by atomic mass is 16.2. The van der Waals surface area contributed by atoms with Gasteiger partial charge in [0.05, 0.1) is 5.69 Å². The molecule has 0 radical (unpaired) electrons. The van der Waals surface area contributed by atoms with Crippen molar-refractivity contribution in [1.29, 1.82) is 0 Å². The molecule has 1 aromatic heterocycles. The molecule has 0 atom stereocenters. The summed E-state index contributed by atoms with van der Waals surface area (Å²) in [4.78, 5) is 37.9. The van der Waals surface area contributed by atoms with E-state index in [4.69, 9.17) is 0 Å². The van der Waals surface area contributed by atoms with Gasteiger partial charge in [0.2, 0.25) is 11.8 Å². The Labute approximate surface area is 187 Å². The largest absolute Gasteiger partial charge is 0.324 e. The lowest BCUT2D eigenvalue weighted by atomic mass is 10.1. The summed E-state index contributed by atoms with van der Waals surface area (Å²) in [5.74, 6) is -0.965. The lowest BCUT2D eigenvalue weighted by Gasteiger charge is -2.13. The number of nitrogens with zero attached hydrogens (tertiary/aromatic N) is 2. The fourth-order valence-electron chi connectivity index (χ4n) is 3.26. The van der Waals surface area contributed by atoms with Gasteiger partial charge in [0.25, 0.3) is 5.56 Å². The van der Waals surface area contributed by atoms with Crippen LogP contribution in [0.3, 0.4) is 0 Å². The van der Waals surface area contributed by atoms with Crippen LogP contribution >= 0.6 is 0 Å². The molecule has 0 saturated heterocycles. The van der Waals surface area contributed by atoms with Crippen LogP contribution in [0.5, 0.6) is 0 Å². The van der Waals surface area contributed by atoms with Crippen LogP contribution in [0.2, 0.25) is 0 Å². The maximum Gasteiger partial charge on any atom is 0.291 e. The molecule has 0 aliphatic rings. The van der Waals surface area contributed by atoms with Crippen LogP contribution in [0.15, 0.2) is 53.3 Å². The summed E-state index contributed by atoms with van der Waals surface area (Å²) in [7, 11) is 0. The van der Waals surface area contributed by atoms with E-state index in [9.17, 15) is 14.4 Å². The second kappa shape index (κ2) is 9.60. The molecule has 7 heteroatoms. The summed E-state index contributed by atoms with van der Waals surface area (Å²) >= 11 is 0. The monoisotopic (exact) mass is 432 g/mol. The molecule has 3 rings (SSSR count). The normalized spacial score (nSPS) is 10.8. The van der Waals surface area contributed by atoms with Gasteiger partial charge in [0.1, 0.15) is 12.2 Å². The second-order valence-corrected chi connectivity index (χ2v) is 8.34. The Morgan fingerprint density at radius 3 is 2.12 bits per heavy atom. The van der Waals surface area contributed by atoms with Crippen molar-refractivity contribution in [2.24, 2.45) is 5.92 Å². The SMILES string of the molecule is Cc1ccc(-c2cc(NC(=O)C(C)C)c(=O)n(CC(=O)Nc3cc(C)cc(C)c3)n2)cc1. The zero-order valence-corrected chi connectivity index (χ0v) is 19.0. The summed E-state index contributed by atoms with van der Waals surface area (Å²) < 4.78 is 1.09. The molecule has 0 saturated carbocycles. The Balaban J connectivity index is 1.96. The summed E-state index contributed by atoms with van der Waals surface area (Å²) in [6.07, 6.45) is 0. The van der Waals surface area contributed by atoms with Crippen LogP contribution < -0.4 is 16.2 Å². The Morgan fingerprint density at radius 1 is 0.906 bits per heavy atom. The number of aryl methyl sites for hydroxylation is 3. The lowest BCUT2D eigenvalue weighted by Crippen LogP contribution is -2.33. The average molecular weight is 433 g/mol. The van der Waals surface area contributed by atoms with Gasteiger partial charge in [0, 0.05) is 17.2 Å². The number of benzene rings is 2. The number of nitrogens with one attached hydrogen (secondary N) is 2. The number of carbonyl (C=O) groups is 2. The smallest absolute Gasteiger partial charge is 0.291 e. The number of hydrogen-bond donors (Lipinski definition) is 2. The van der Waals surface area contributed by atoms with E-state index in [1.165, 1.54) is 0 Å². The van der Waals surface area contributed by atoms with Gasteiger partial charge < -0.3 is 10.6 Å². The van der Waals surface area contributed by atoms with Crippen LogP contribution in [-0.4, -0.2) is 21.6 Å². The van der Waals surface area contributed by atoms with Crippen LogP contribution in [0.1, 0.15) is 30.5 Å². The highest BCUT2D eigenvalue weighted by molar-refractivity contribution is 5.93. The molecule has 0 unspecified atom stereocenters. The maximum atomic E-state index is 13.0. The number of rotatable bonds is 6. The maximum absolute atomic E-state index is 13.0. The van der Waals surface area contributed by atoms with Crippen LogP contribution in [0.25, 0.3) is 11.3 Å².